The predicted octanol–water partition coefficient (Wildman–Crippen LogP) is 2.21. The normalized spacial score (nSPS) is 10.8. The van der Waals surface area contributed by atoms with E-state index in [0.717, 1.165) is 5.56 Å². The van der Waals surface area contributed by atoms with Gasteiger partial charge in [0.15, 0.2) is 11.5 Å². The number of nitrogens with two attached hydrogens (primary N) is 1. The summed E-state index contributed by atoms with van der Waals surface area (Å²) in [4.78, 5) is 4.05. The first kappa shape index (κ1) is 16.1. The molecule has 0 aliphatic heterocycles. The van der Waals surface area contributed by atoms with Gasteiger partial charge in [0.1, 0.15) is 12.4 Å². The van der Waals surface area contributed by atoms with Gasteiger partial charge in [-0.25, -0.2) is 4.98 Å². The summed E-state index contributed by atoms with van der Waals surface area (Å²) in [5.74, 6) is 1.78. The van der Waals surface area contributed by atoms with Crippen LogP contribution in [0.2, 0.25) is 0 Å². The summed E-state index contributed by atoms with van der Waals surface area (Å²) < 4.78 is 15.8. The van der Waals surface area contributed by atoms with E-state index in [1.165, 1.54) is 11.3 Å². The number of thiazole rings is 1. The first-order valence-electron chi connectivity index (χ1n) is 6.53. The minimum Gasteiger partial charge on any atom is -0.493 e. The van der Waals surface area contributed by atoms with Gasteiger partial charge in [0.2, 0.25) is 5.13 Å². The number of methoxy groups -OCH3 is 2. The van der Waals surface area contributed by atoms with Crippen LogP contribution in [0.25, 0.3) is 0 Å². The Morgan fingerprint density at radius 2 is 2.18 bits per heavy atom. The summed E-state index contributed by atoms with van der Waals surface area (Å²) in [6.45, 7) is 0.987. The third-order valence-electron chi connectivity index (χ3n) is 2.63. The van der Waals surface area contributed by atoms with Crippen molar-refractivity contribution >= 4 is 28.5 Å². The number of nitrogen functional groups attached to an aromatic ring is 1. The van der Waals surface area contributed by atoms with Crippen molar-refractivity contribution in [2.75, 3.05) is 38.6 Å². The van der Waals surface area contributed by atoms with Crippen LogP contribution in [0, 0.1) is 0 Å². The Labute approximate surface area is 132 Å². The SMILES string of the molecule is COCCOc1ccc(C=NNc2nc(N)cs2)cc1OC. The largest absolute Gasteiger partial charge is 0.493 e. The fourth-order valence-corrected chi connectivity index (χ4v) is 2.17. The summed E-state index contributed by atoms with van der Waals surface area (Å²) >= 11 is 1.39. The lowest BCUT2D eigenvalue weighted by Crippen LogP contribution is -2.05. The van der Waals surface area contributed by atoms with Crippen LogP contribution in [0.5, 0.6) is 11.5 Å². The van der Waals surface area contributed by atoms with Gasteiger partial charge in [-0.15, -0.1) is 11.3 Å². The molecule has 0 atom stereocenters. The molecule has 1 aromatic carbocycles. The molecule has 8 heteroatoms. The lowest BCUT2D eigenvalue weighted by molar-refractivity contribution is 0.144. The van der Waals surface area contributed by atoms with Gasteiger partial charge in [0, 0.05) is 12.5 Å². The van der Waals surface area contributed by atoms with E-state index in [1.54, 1.807) is 25.8 Å². The fraction of sp³-hybridized carbons (Fsp3) is 0.286. The van der Waals surface area contributed by atoms with E-state index in [9.17, 15) is 0 Å². The highest BCUT2D eigenvalue weighted by Crippen LogP contribution is 2.27. The van der Waals surface area contributed by atoms with Crippen molar-refractivity contribution in [2.45, 2.75) is 0 Å². The molecule has 2 rings (SSSR count). The number of hydrazone groups is 1. The van der Waals surface area contributed by atoms with Crippen LogP contribution in [0.15, 0.2) is 28.7 Å². The van der Waals surface area contributed by atoms with Crippen molar-refractivity contribution in [3.63, 3.8) is 0 Å². The van der Waals surface area contributed by atoms with Crippen molar-refractivity contribution in [1.29, 1.82) is 0 Å². The van der Waals surface area contributed by atoms with Crippen LogP contribution in [0.3, 0.4) is 0 Å². The Kier molecular flexibility index (Phi) is 5.99. The molecule has 0 unspecified atom stereocenters. The van der Waals surface area contributed by atoms with Gasteiger partial charge in [-0.2, -0.15) is 5.10 Å². The smallest absolute Gasteiger partial charge is 0.205 e. The molecule has 0 radical (unpaired) electrons. The highest BCUT2D eigenvalue weighted by Gasteiger charge is 2.05. The third kappa shape index (κ3) is 4.61. The first-order chi connectivity index (χ1) is 10.7. The molecular weight excluding hydrogens is 304 g/mol. The Morgan fingerprint density at radius 3 is 2.86 bits per heavy atom. The van der Waals surface area contributed by atoms with Crippen molar-refractivity contribution in [1.82, 2.24) is 4.98 Å². The maximum atomic E-state index is 5.57. The molecule has 0 saturated carbocycles. The van der Waals surface area contributed by atoms with Crippen LogP contribution < -0.4 is 20.6 Å². The molecule has 0 spiro atoms. The molecule has 1 aromatic heterocycles. The highest BCUT2D eigenvalue weighted by molar-refractivity contribution is 7.14. The summed E-state index contributed by atoms with van der Waals surface area (Å²) in [5, 5.41) is 6.49. The predicted molar refractivity (Wildman–Crippen MR) is 88.1 cm³/mol. The number of nitrogens with zero attached hydrogens (tertiary/aromatic N) is 2. The molecular formula is C14H18N4O3S. The number of nitrogens with one attached hydrogen (secondary N) is 1. The first-order valence-corrected chi connectivity index (χ1v) is 7.40. The molecule has 0 saturated heterocycles. The van der Waals surface area contributed by atoms with Gasteiger partial charge in [0.25, 0.3) is 0 Å². The second-order valence-electron chi connectivity index (χ2n) is 4.20. The highest BCUT2D eigenvalue weighted by atomic mass is 32.1. The quantitative estimate of drug-likeness (QED) is 0.440. The molecule has 0 fully saturated rings. The zero-order valence-electron chi connectivity index (χ0n) is 12.4. The zero-order chi connectivity index (χ0) is 15.8. The third-order valence-corrected chi connectivity index (χ3v) is 3.39. The van der Waals surface area contributed by atoms with Crippen LogP contribution in [0.1, 0.15) is 5.56 Å². The summed E-state index contributed by atoms with van der Waals surface area (Å²) in [6.07, 6.45) is 1.67. The average Bonchev–Trinajstić information content (AvgIpc) is 2.94. The molecule has 7 nitrogen and oxygen atoms in total. The average molecular weight is 322 g/mol. The van der Waals surface area contributed by atoms with E-state index < -0.39 is 0 Å². The van der Waals surface area contributed by atoms with E-state index in [2.05, 4.69) is 15.5 Å². The van der Waals surface area contributed by atoms with Crippen LogP contribution in [0.4, 0.5) is 10.9 Å². The Hall–Kier alpha value is -2.32. The molecule has 1 heterocycles. The van der Waals surface area contributed by atoms with Crippen molar-refractivity contribution in [3.8, 4) is 11.5 Å². The number of rotatable bonds is 8. The van der Waals surface area contributed by atoms with Crippen LogP contribution >= 0.6 is 11.3 Å². The molecule has 22 heavy (non-hydrogen) atoms. The summed E-state index contributed by atoms with van der Waals surface area (Å²) in [5.41, 5.74) is 9.22. The van der Waals surface area contributed by atoms with E-state index in [4.69, 9.17) is 19.9 Å². The number of ether oxygens (including phenoxy) is 3. The van der Waals surface area contributed by atoms with E-state index in [1.807, 2.05) is 18.2 Å². The molecule has 118 valence electrons. The molecule has 2 aromatic rings. The maximum Gasteiger partial charge on any atom is 0.205 e. The summed E-state index contributed by atoms with van der Waals surface area (Å²) in [6, 6.07) is 5.55. The second-order valence-corrected chi connectivity index (χ2v) is 5.06. The maximum absolute atomic E-state index is 5.57. The van der Waals surface area contributed by atoms with Gasteiger partial charge < -0.3 is 19.9 Å². The van der Waals surface area contributed by atoms with Gasteiger partial charge >= 0.3 is 0 Å². The van der Waals surface area contributed by atoms with Crippen LogP contribution in [-0.4, -0.2) is 38.6 Å². The number of hydrogen-bond donors (Lipinski definition) is 2. The van der Waals surface area contributed by atoms with Gasteiger partial charge in [0.05, 0.1) is 19.9 Å². The van der Waals surface area contributed by atoms with Crippen molar-refractivity contribution in [2.24, 2.45) is 5.10 Å². The summed E-state index contributed by atoms with van der Waals surface area (Å²) in [7, 11) is 3.22. The number of benzene rings is 1. The molecule has 3 N–H and O–H groups in total. The minimum absolute atomic E-state index is 0.466. The number of anilines is 2. The van der Waals surface area contributed by atoms with E-state index in [-0.39, 0.29) is 0 Å². The van der Waals surface area contributed by atoms with Gasteiger partial charge in [-0.1, -0.05) is 0 Å². The lowest BCUT2D eigenvalue weighted by Gasteiger charge is -2.10. The Balaban J connectivity index is 1.99. The molecule has 0 aliphatic rings. The van der Waals surface area contributed by atoms with Crippen molar-refractivity contribution < 1.29 is 14.2 Å². The molecule has 0 bridgehead atoms. The molecule has 0 aliphatic carbocycles. The molecule has 0 amide bonds. The topological polar surface area (TPSA) is 91.0 Å². The van der Waals surface area contributed by atoms with Gasteiger partial charge in [-0.05, 0) is 23.8 Å². The van der Waals surface area contributed by atoms with Gasteiger partial charge in [-0.3, -0.25) is 5.43 Å². The Morgan fingerprint density at radius 1 is 1.32 bits per heavy atom. The second kappa shape index (κ2) is 8.20. The van der Waals surface area contributed by atoms with Crippen LogP contribution in [-0.2, 0) is 4.74 Å². The lowest BCUT2D eigenvalue weighted by atomic mass is 10.2. The van der Waals surface area contributed by atoms with Crippen molar-refractivity contribution in [3.05, 3.63) is 29.1 Å². The zero-order valence-corrected chi connectivity index (χ0v) is 13.2. The standard InChI is InChI=1S/C14H18N4O3S/c1-19-5-6-21-11-4-3-10(7-12(11)20-2)8-16-18-14-17-13(15)9-22-14/h3-4,7-9H,5-6,15H2,1-2H3,(H,17,18). The minimum atomic E-state index is 0.466. The Bertz CT molecular complexity index is 630. The monoisotopic (exact) mass is 322 g/mol. The fourth-order valence-electron chi connectivity index (χ4n) is 1.62. The van der Waals surface area contributed by atoms with E-state index in [0.29, 0.717) is 35.7 Å². The number of aromatic nitrogens is 1. The van der Waals surface area contributed by atoms with E-state index >= 15 is 0 Å². The number of hydrogen-bond acceptors (Lipinski definition) is 8.